The zero-order valence-electron chi connectivity index (χ0n) is 15.2. The highest BCUT2D eigenvalue weighted by Crippen LogP contribution is 2.26. The monoisotopic (exact) mass is 409 g/mol. The standard InChI is InChI=1S/C20H21F2NO4S/c21-17-6-7-18(22)19(14-17)28(25,26)23-11-8-16(9-12-23)20(24)27-13-10-15-4-2-1-3-5-15/h1-7,14,16H,8-13H2. The van der Waals surface area contributed by atoms with E-state index in [4.69, 9.17) is 4.74 Å². The Morgan fingerprint density at radius 2 is 1.75 bits per heavy atom. The Hall–Kier alpha value is -2.32. The van der Waals surface area contributed by atoms with Gasteiger partial charge in [0.1, 0.15) is 16.5 Å². The van der Waals surface area contributed by atoms with E-state index in [0.29, 0.717) is 12.5 Å². The lowest BCUT2D eigenvalue weighted by molar-refractivity contribution is -0.149. The number of halogens is 2. The molecule has 2 aromatic rings. The Balaban J connectivity index is 1.53. The Morgan fingerprint density at radius 1 is 1.07 bits per heavy atom. The summed E-state index contributed by atoms with van der Waals surface area (Å²) >= 11 is 0. The molecule has 28 heavy (non-hydrogen) atoms. The van der Waals surface area contributed by atoms with Crippen LogP contribution in [0.1, 0.15) is 18.4 Å². The molecule has 0 N–H and O–H groups in total. The summed E-state index contributed by atoms with van der Waals surface area (Å²) in [6.45, 7) is 0.364. The minimum absolute atomic E-state index is 0.0523. The number of hydrogen-bond donors (Lipinski definition) is 0. The number of ether oxygens (including phenoxy) is 1. The van der Waals surface area contributed by atoms with Gasteiger partial charge in [0.25, 0.3) is 0 Å². The van der Waals surface area contributed by atoms with Crippen LogP contribution in [0.15, 0.2) is 53.4 Å². The van der Waals surface area contributed by atoms with Crippen molar-refractivity contribution in [2.75, 3.05) is 19.7 Å². The molecule has 0 saturated carbocycles. The van der Waals surface area contributed by atoms with E-state index in [1.807, 2.05) is 30.3 Å². The number of hydrogen-bond acceptors (Lipinski definition) is 4. The van der Waals surface area contributed by atoms with Crippen molar-refractivity contribution in [1.29, 1.82) is 0 Å². The van der Waals surface area contributed by atoms with Gasteiger partial charge >= 0.3 is 5.97 Å². The first-order valence-electron chi connectivity index (χ1n) is 9.03. The largest absolute Gasteiger partial charge is 0.465 e. The second-order valence-electron chi connectivity index (χ2n) is 6.66. The van der Waals surface area contributed by atoms with E-state index in [1.165, 1.54) is 0 Å². The molecule has 1 aliphatic rings. The second kappa shape index (κ2) is 8.79. The first-order chi connectivity index (χ1) is 13.4. The highest BCUT2D eigenvalue weighted by Gasteiger charge is 2.34. The lowest BCUT2D eigenvalue weighted by atomic mass is 9.98. The fourth-order valence-electron chi connectivity index (χ4n) is 3.18. The molecule has 1 fully saturated rings. The third kappa shape index (κ3) is 4.74. The smallest absolute Gasteiger partial charge is 0.309 e. The molecule has 1 saturated heterocycles. The zero-order valence-corrected chi connectivity index (χ0v) is 16.0. The van der Waals surface area contributed by atoms with E-state index in [9.17, 15) is 22.0 Å². The predicted octanol–water partition coefficient (Wildman–Crippen LogP) is 3.15. The van der Waals surface area contributed by atoms with Crippen LogP contribution >= 0.6 is 0 Å². The van der Waals surface area contributed by atoms with E-state index >= 15 is 0 Å². The van der Waals surface area contributed by atoms with E-state index in [0.717, 1.165) is 22.0 Å². The summed E-state index contributed by atoms with van der Waals surface area (Å²) in [6, 6.07) is 12.0. The molecule has 1 aliphatic heterocycles. The number of esters is 1. The van der Waals surface area contributed by atoms with Crippen molar-refractivity contribution < 1.29 is 26.7 Å². The molecule has 0 bridgehead atoms. The quantitative estimate of drug-likeness (QED) is 0.688. The average Bonchev–Trinajstić information content (AvgIpc) is 2.70. The maximum atomic E-state index is 13.9. The third-order valence-electron chi connectivity index (χ3n) is 4.78. The minimum Gasteiger partial charge on any atom is -0.465 e. The van der Waals surface area contributed by atoms with Crippen LogP contribution in [0.25, 0.3) is 0 Å². The Kier molecular flexibility index (Phi) is 6.41. The van der Waals surface area contributed by atoms with Gasteiger partial charge in [-0.25, -0.2) is 17.2 Å². The number of nitrogens with zero attached hydrogens (tertiary/aromatic N) is 1. The van der Waals surface area contributed by atoms with Crippen LogP contribution in [0.5, 0.6) is 0 Å². The SMILES string of the molecule is O=C(OCCc1ccccc1)C1CCN(S(=O)(=O)c2cc(F)ccc2F)CC1. The molecular weight excluding hydrogens is 388 g/mol. The van der Waals surface area contributed by atoms with Crippen LogP contribution in [-0.4, -0.2) is 38.4 Å². The predicted molar refractivity (Wildman–Crippen MR) is 98.9 cm³/mol. The Morgan fingerprint density at radius 3 is 2.43 bits per heavy atom. The molecule has 0 amide bonds. The molecule has 0 unspecified atom stereocenters. The summed E-state index contributed by atoms with van der Waals surface area (Å²) in [7, 11) is -4.15. The summed E-state index contributed by atoms with van der Waals surface area (Å²) in [5.74, 6) is -2.58. The highest BCUT2D eigenvalue weighted by atomic mass is 32.2. The van der Waals surface area contributed by atoms with E-state index in [1.54, 1.807) is 0 Å². The van der Waals surface area contributed by atoms with Crippen LogP contribution in [0.2, 0.25) is 0 Å². The highest BCUT2D eigenvalue weighted by molar-refractivity contribution is 7.89. The van der Waals surface area contributed by atoms with Gasteiger partial charge < -0.3 is 4.74 Å². The van der Waals surface area contributed by atoms with Gasteiger partial charge in [0.05, 0.1) is 12.5 Å². The van der Waals surface area contributed by atoms with Crippen molar-refractivity contribution in [3.05, 3.63) is 65.7 Å². The van der Waals surface area contributed by atoms with E-state index in [2.05, 4.69) is 0 Å². The molecule has 0 atom stereocenters. The zero-order chi connectivity index (χ0) is 20.1. The van der Waals surface area contributed by atoms with Crippen LogP contribution < -0.4 is 0 Å². The fourth-order valence-corrected chi connectivity index (χ4v) is 4.72. The summed E-state index contributed by atoms with van der Waals surface area (Å²) < 4.78 is 58.7. The molecule has 3 rings (SSSR count). The van der Waals surface area contributed by atoms with Gasteiger partial charge in [0.15, 0.2) is 0 Å². The number of piperidine rings is 1. The number of rotatable bonds is 6. The Labute approximate surface area is 163 Å². The van der Waals surface area contributed by atoms with Gasteiger partial charge in [-0.2, -0.15) is 4.31 Å². The first kappa shape index (κ1) is 20.4. The van der Waals surface area contributed by atoms with Crippen LogP contribution in [0.3, 0.4) is 0 Å². The van der Waals surface area contributed by atoms with Gasteiger partial charge in [-0.05, 0) is 36.6 Å². The maximum absolute atomic E-state index is 13.9. The van der Waals surface area contributed by atoms with E-state index in [-0.39, 0.29) is 38.5 Å². The maximum Gasteiger partial charge on any atom is 0.309 e. The lowest BCUT2D eigenvalue weighted by Crippen LogP contribution is -2.41. The molecule has 0 spiro atoms. The van der Waals surface area contributed by atoms with Gasteiger partial charge in [0.2, 0.25) is 10.0 Å². The summed E-state index contributed by atoms with van der Waals surface area (Å²) in [6.07, 6.45) is 1.17. The number of sulfonamides is 1. The minimum atomic E-state index is -4.15. The fraction of sp³-hybridized carbons (Fsp3) is 0.350. The first-order valence-corrected chi connectivity index (χ1v) is 10.5. The van der Waals surface area contributed by atoms with Crippen molar-refractivity contribution >= 4 is 16.0 Å². The van der Waals surface area contributed by atoms with Gasteiger partial charge in [-0.15, -0.1) is 0 Å². The normalized spacial score (nSPS) is 16.1. The van der Waals surface area contributed by atoms with Crippen LogP contribution in [-0.2, 0) is 26.0 Å². The van der Waals surface area contributed by atoms with Crippen LogP contribution in [0, 0.1) is 17.6 Å². The number of carbonyl (C=O) groups excluding carboxylic acids is 1. The lowest BCUT2D eigenvalue weighted by Gasteiger charge is -2.30. The van der Waals surface area contributed by atoms with Gasteiger partial charge in [-0.1, -0.05) is 30.3 Å². The van der Waals surface area contributed by atoms with Crippen molar-refractivity contribution in [2.45, 2.75) is 24.2 Å². The molecule has 0 aromatic heterocycles. The molecular formula is C20H21F2NO4S. The summed E-state index contributed by atoms with van der Waals surface area (Å²) in [4.78, 5) is 11.5. The molecule has 150 valence electrons. The Bertz CT molecular complexity index is 926. The second-order valence-corrected chi connectivity index (χ2v) is 8.56. The molecule has 1 heterocycles. The average molecular weight is 409 g/mol. The summed E-state index contributed by atoms with van der Waals surface area (Å²) in [5.41, 5.74) is 1.06. The summed E-state index contributed by atoms with van der Waals surface area (Å²) in [5, 5.41) is 0. The van der Waals surface area contributed by atoms with Crippen LogP contribution in [0.4, 0.5) is 8.78 Å². The van der Waals surface area contributed by atoms with Crippen molar-refractivity contribution in [2.24, 2.45) is 5.92 Å². The van der Waals surface area contributed by atoms with Crippen molar-refractivity contribution in [3.8, 4) is 0 Å². The molecule has 5 nitrogen and oxygen atoms in total. The molecule has 2 aromatic carbocycles. The van der Waals surface area contributed by atoms with Crippen molar-refractivity contribution in [1.82, 2.24) is 4.31 Å². The van der Waals surface area contributed by atoms with E-state index < -0.39 is 32.5 Å². The van der Waals surface area contributed by atoms with Crippen molar-refractivity contribution in [3.63, 3.8) is 0 Å². The molecule has 0 radical (unpaired) electrons. The number of benzene rings is 2. The van der Waals surface area contributed by atoms with Gasteiger partial charge in [-0.3, -0.25) is 4.79 Å². The molecule has 8 heteroatoms. The van der Waals surface area contributed by atoms with Gasteiger partial charge in [0, 0.05) is 19.5 Å². The number of carbonyl (C=O) groups is 1. The molecule has 0 aliphatic carbocycles. The third-order valence-corrected chi connectivity index (χ3v) is 6.69. The topological polar surface area (TPSA) is 63.7 Å².